The lowest BCUT2D eigenvalue weighted by atomic mass is 9.96. The number of piperidine rings is 1. The number of rotatable bonds is 4. The Morgan fingerprint density at radius 1 is 1.24 bits per heavy atom. The predicted molar refractivity (Wildman–Crippen MR) is 97.9 cm³/mol. The number of fused-ring (bicyclic) bond motifs is 1. The summed E-state index contributed by atoms with van der Waals surface area (Å²) >= 11 is 0. The van der Waals surface area contributed by atoms with Crippen molar-refractivity contribution in [1.29, 1.82) is 0 Å². The van der Waals surface area contributed by atoms with Gasteiger partial charge in [-0.1, -0.05) is 19.4 Å². The lowest BCUT2D eigenvalue weighted by Crippen LogP contribution is -2.36. The van der Waals surface area contributed by atoms with Crippen LogP contribution in [0.2, 0.25) is 0 Å². The summed E-state index contributed by atoms with van der Waals surface area (Å²) in [5.41, 5.74) is 2.17. The summed E-state index contributed by atoms with van der Waals surface area (Å²) in [6, 6.07) is 6.04. The largest absolute Gasteiger partial charge is 0.356 e. The Morgan fingerprint density at radius 3 is 3.04 bits per heavy atom. The molecule has 1 fully saturated rings. The maximum Gasteiger partial charge on any atom is 0.160 e. The van der Waals surface area contributed by atoms with Gasteiger partial charge in [0.15, 0.2) is 5.65 Å². The van der Waals surface area contributed by atoms with E-state index in [-0.39, 0.29) is 0 Å². The van der Waals surface area contributed by atoms with Gasteiger partial charge in [0.25, 0.3) is 0 Å². The van der Waals surface area contributed by atoms with Gasteiger partial charge in [-0.2, -0.15) is 0 Å². The van der Waals surface area contributed by atoms with Crippen LogP contribution in [-0.4, -0.2) is 37.7 Å². The highest BCUT2D eigenvalue weighted by molar-refractivity contribution is 5.47. The summed E-state index contributed by atoms with van der Waals surface area (Å²) in [6.45, 7) is 6.14. The SMILES string of the molecule is CCCc1cnc(C)nc1N1CCC[C@@H](c2nnc3ccccn23)C1. The maximum atomic E-state index is 4.77. The standard InChI is InChI=1S/C19H24N6/c1-3-7-15-12-20-14(2)21-18(15)24-10-6-8-16(13-24)19-23-22-17-9-4-5-11-25(17)19/h4-5,9,11-12,16H,3,6-8,10,13H2,1-2H3/t16-/m1/s1. The molecule has 1 saturated heterocycles. The Hall–Kier alpha value is -2.50. The molecule has 25 heavy (non-hydrogen) atoms. The Balaban J connectivity index is 1.64. The molecule has 0 spiro atoms. The van der Waals surface area contributed by atoms with E-state index in [1.54, 1.807) is 0 Å². The number of nitrogens with zero attached hydrogens (tertiary/aromatic N) is 6. The summed E-state index contributed by atoms with van der Waals surface area (Å²) in [5, 5.41) is 8.80. The van der Waals surface area contributed by atoms with Crippen molar-refractivity contribution < 1.29 is 0 Å². The molecule has 3 aromatic rings. The van der Waals surface area contributed by atoms with Crippen LogP contribution in [0.1, 0.15) is 49.3 Å². The number of anilines is 1. The van der Waals surface area contributed by atoms with Crippen LogP contribution in [0.3, 0.4) is 0 Å². The van der Waals surface area contributed by atoms with E-state index in [1.807, 2.05) is 31.3 Å². The fraction of sp³-hybridized carbons (Fsp3) is 0.474. The van der Waals surface area contributed by atoms with Gasteiger partial charge in [0.05, 0.1) is 0 Å². The number of aryl methyl sites for hydroxylation is 2. The zero-order chi connectivity index (χ0) is 17.2. The van der Waals surface area contributed by atoms with E-state index in [4.69, 9.17) is 4.98 Å². The lowest BCUT2D eigenvalue weighted by molar-refractivity contribution is 0.484. The highest BCUT2D eigenvalue weighted by atomic mass is 15.3. The molecule has 1 aliphatic rings. The fourth-order valence-corrected chi connectivity index (χ4v) is 3.72. The zero-order valence-electron chi connectivity index (χ0n) is 14.9. The minimum atomic E-state index is 0.371. The van der Waals surface area contributed by atoms with Crippen molar-refractivity contribution in [3.63, 3.8) is 0 Å². The van der Waals surface area contributed by atoms with Crippen LogP contribution in [0.25, 0.3) is 5.65 Å². The summed E-state index contributed by atoms with van der Waals surface area (Å²) in [4.78, 5) is 11.6. The van der Waals surface area contributed by atoms with Gasteiger partial charge < -0.3 is 4.90 Å². The van der Waals surface area contributed by atoms with Crippen molar-refractivity contribution in [3.8, 4) is 0 Å². The van der Waals surface area contributed by atoms with E-state index in [1.165, 1.54) is 5.56 Å². The van der Waals surface area contributed by atoms with Crippen molar-refractivity contribution in [3.05, 3.63) is 47.8 Å². The quantitative estimate of drug-likeness (QED) is 0.732. The van der Waals surface area contributed by atoms with Crippen LogP contribution >= 0.6 is 0 Å². The van der Waals surface area contributed by atoms with E-state index in [0.29, 0.717) is 5.92 Å². The third kappa shape index (κ3) is 3.08. The Morgan fingerprint density at radius 2 is 2.16 bits per heavy atom. The molecule has 0 aliphatic carbocycles. The predicted octanol–water partition coefficient (Wildman–Crippen LogP) is 3.16. The van der Waals surface area contributed by atoms with E-state index >= 15 is 0 Å². The summed E-state index contributed by atoms with van der Waals surface area (Å²) in [7, 11) is 0. The van der Waals surface area contributed by atoms with Crippen molar-refractivity contribution in [2.75, 3.05) is 18.0 Å². The molecule has 6 nitrogen and oxygen atoms in total. The molecule has 6 heteroatoms. The molecule has 0 unspecified atom stereocenters. The first-order valence-corrected chi connectivity index (χ1v) is 9.13. The van der Waals surface area contributed by atoms with Crippen LogP contribution in [0.5, 0.6) is 0 Å². The van der Waals surface area contributed by atoms with Crippen molar-refractivity contribution in [1.82, 2.24) is 24.6 Å². The average Bonchev–Trinajstić information content (AvgIpc) is 3.08. The fourth-order valence-electron chi connectivity index (χ4n) is 3.72. The van der Waals surface area contributed by atoms with Gasteiger partial charge in [0.1, 0.15) is 17.5 Å². The van der Waals surface area contributed by atoms with Crippen molar-refractivity contribution >= 4 is 11.5 Å². The second-order valence-corrected chi connectivity index (χ2v) is 6.79. The molecule has 0 amide bonds. The van der Waals surface area contributed by atoms with Gasteiger partial charge in [-0.15, -0.1) is 10.2 Å². The van der Waals surface area contributed by atoms with Gasteiger partial charge in [-0.3, -0.25) is 4.40 Å². The zero-order valence-corrected chi connectivity index (χ0v) is 14.9. The van der Waals surface area contributed by atoms with Crippen LogP contribution in [-0.2, 0) is 6.42 Å². The van der Waals surface area contributed by atoms with Gasteiger partial charge in [0, 0.05) is 37.0 Å². The number of hydrogen-bond donors (Lipinski definition) is 0. The van der Waals surface area contributed by atoms with E-state index in [0.717, 1.165) is 61.9 Å². The van der Waals surface area contributed by atoms with Crippen molar-refractivity contribution in [2.24, 2.45) is 0 Å². The molecule has 0 saturated carbocycles. The van der Waals surface area contributed by atoms with E-state index < -0.39 is 0 Å². The van der Waals surface area contributed by atoms with Gasteiger partial charge in [-0.25, -0.2) is 9.97 Å². The smallest absolute Gasteiger partial charge is 0.160 e. The molecule has 0 N–H and O–H groups in total. The second-order valence-electron chi connectivity index (χ2n) is 6.79. The molecule has 0 bridgehead atoms. The van der Waals surface area contributed by atoms with Crippen LogP contribution in [0.4, 0.5) is 5.82 Å². The van der Waals surface area contributed by atoms with Gasteiger partial charge >= 0.3 is 0 Å². The molecule has 1 atom stereocenters. The molecule has 3 aromatic heterocycles. The third-order valence-corrected chi connectivity index (χ3v) is 4.91. The van der Waals surface area contributed by atoms with E-state index in [2.05, 4.69) is 37.6 Å². The molecule has 4 rings (SSSR count). The summed E-state index contributed by atoms with van der Waals surface area (Å²) in [5.74, 6) is 3.37. The van der Waals surface area contributed by atoms with E-state index in [9.17, 15) is 0 Å². The molecule has 0 aromatic carbocycles. The number of pyridine rings is 1. The Bertz CT molecular complexity index is 871. The van der Waals surface area contributed by atoms with Crippen LogP contribution < -0.4 is 4.90 Å². The maximum absolute atomic E-state index is 4.77. The Labute approximate surface area is 147 Å². The number of aromatic nitrogens is 5. The van der Waals surface area contributed by atoms with Gasteiger partial charge in [0.2, 0.25) is 0 Å². The first-order chi connectivity index (χ1) is 12.3. The monoisotopic (exact) mass is 336 g/mol. The van der Waals surface area contributed by atoms with Crippen LogP contribution in [0, 0.1) is 6.92 Å². The topological polar surface area (TPSA) is 59.2 Å². The molecule has 4 heterocycles. The second kappa shape index (κ2) is 6.78. The minimum absolute atomic E-state index is 0.371. The molecule has 130 valence electrons. The molecule has 1 aliphatic heterocycles. The first-order valence-electron chi connectivity index (χ1n) is 9.13. The lowest BCUT2D eigenvalue weighted by Gasteiger charge is -2.34. The normalized spacial score (nSPS) is 18.0. The summed E-state index contributed by atoms with van der Waals surface area (Å²) in [6.07, 6.45) is 8.45. The van der Waals surface area contributed by atoms with Crippen LogP contribution in [0.15, 0.2) is 30.6 Å². The highest BCUT2D eigenvalue weighted by Gasteiger charge is 2.27. The first kappa shape index (κ1) is 16.0. The molecule has 0 radical (unpaired) electrons. The third-order valence-electron chi connectivity index (χ3n) is 4.91. The Kier molecular flexibility index (Phi) is 4.34. The molecular formula is C19H24N6. The average molecular weight is 336 g/mol. The summed E-state index contributed by atoms with van der Waals surface area (Å²) < 4.78 is 2.12. The molecular weight excluding hydrogens is 312 g/mol. The highest BCUT2D eigenvalue weighted by Crippen LogP contribution is 2.30. The van der Waals surface area contributed by atoms with Crippen molar-refractivity contribution in [2.45, 2.75) is 45.4 Å². The van der Waals surface area contributed by atoms with Gasteiger partial charge in [-0.05, 0) is 38.3 Å². The number of hydrogen-bond acceptors (Lipinski definition) is 5. The minimum Gasteiger partial charge on any atom is -0.356 e.